The molecule has 3 aromatic rings. The zero-order valence-electron chi connectivity index (χ0n) is 20.4. The molecule has 36 heavy (non-hydrogen) atoms. The van der Waals surface area contributed by atoms with Crippen molar-refractivity contribution in [3.8, 4) is 40.2 Å². The minimum Gasteiger partial charge on any atom is -0.496 e. The van der Waals surface area contributed by atoms with Crippen molar-refractivity contribution in [2.75, 3.05) is 35.5 Å². The van der Waals surface area contributed by atoms with Gasteiger partial charge >= 0.3 is 5.97 Å². The number of carbonyl (C=O) groups is 2. The van der Waals surface area contributed by atoms with Crippen LogP contribution in [0.4, 0.5) is 0 Å². The summed E-state index contributed by atoms with van der Waals surface area (Å²) in [6.07, 6.45) is 1.55. The lowest BCUT2D eigenvalue weighted by Crippen LogP contribution is -2.09. The molecule has 9 nitrogen and oxygen atoms in total. The van der Waals surface area contributed by atoms with Crippen molar-refractivity contribution < 1.29 is 42.7 Å². The third-order valence-electron chi connectivity index (χ3n) is 5.49. The number of ether oxygens (including phenoxy) is 7. The number of allylic oxidation sites excluding steroid dienone is 1. The zero-order valence-corrected chi connectivity index (χ0v) is 20.4. The van der Waals surface area contributed by atoms with Crippen LogP contribution in [-0.4, -0.2) is 47.3 Å². The third-order valence-corrected chi connectivity index (χ3v) is 5.49. The van der Waals surface area contributed by atoms with Crippen LogP contribution >= 0.6 is 0 Å². The highest BCUT2D eigenvalue weighted by molar-refractivity contribution is 6.14. The van der Waals surface area contributed by atoms with E-state index >= 15 is 0 Å². The number of hydrogen-bond acceptors (Lipinski definition) is 9. The molecule has 0 aliphatic carbocycles. The van der Waals surface area contributed by atoms with Crippen molar-refractivity contribution in [2.24, 2.45) is 0 Å². The summed E-state index contributed by atoms with van der Waals surface area (Å²) in [7, 11) is 7.52. The lowest BCUT2D eigenvalue weighted by Gasteiger charge is -2.12. The molecule has 0 saturated carbocycles. The Hall–Kier alpha value is -4.66. The molecule has 1 heterocycles. The molecular formula is C27H24O9. The average molecular weight is 492 g/mol. The number of esters is 1. The molecule has 0 N–H and O–H groups in total. The molecule has 0 spiro atoms. The molecule has 0 bridgehead atoms. The fourth-order valence-electron chi connectivity index (χ4n) is 3.67. The average Bonchev–Trinajstić information content (AvgIpc) is 3.21. The smallest absolute Gasteiger partial charge is 0.343 e. The summed E-state index contributed by atoms with van der Waals surface area (Å²) < 4.78 is 37.8. The molecule has 0 fully saturated rings. The summed E-state index contributed by atoms with van der Waals surface area (Å²) in [6.45, 7) is 0. The third kappa shape index (κ3) is 4.63. The van der Waals surface area contributed by atoms with Crippen LogP contribution < -0.4 is 33.2 Å². The van der Waals surface area contributed by atoms with Gasteiger partial charge in [-0.1, -0.05) is 0 Å². The van der Waals surface area contributed by atoms with Gasteiger partial charge in [-0.2, -0.15) is 0 Å². The molecule has 0 atom stereocenters. The number of benzene rings is 3. The largest absolute Gasteiger partial charge is 0.496 e. The van der Waals surface area contributed by atoms with Crippen molar-refractivity contribution in [2.45, 2.75) is 0 Å². The van der Waals surface area contributed by atoms with E-state index in [2.05, 4.69) is 0 Å². The quantitative estimate of drug-likeness (QED) is 0.254. The van der Waals surface area contributed by atoms with Gasteiger partial charge in [0.05, 0.1) is 46.7 Å². The van der Waals surface area contributed by atoms with Gasteiger partial charge in [0, 0.05) is 17.7 Å². The van der Waals surface area contributed by atoms with E-state index in [9.17, 15) is 9.59 Å². The molecule has 9 heteroatoms. The highest BCUT2D eigenvalue weighted by atomic mass is 16.5. The second kappa shape index (κ2) is 10.3. The van der Waals surface area contributed by atoms with Crippen LogP contribution in [0.25, 0.3) is 6.08 Å². The van der Waals surface area contributed by atoms with Crippen LogP contribution in [-0.2, 0) is 0 Å². The van der Waals surface area contributed by atoms with Gasteiger partial charge in [0.25, 0.3) is 0 Å². The Morgan fingerprint density at radius 2 is 1.36 bits per heavy atom. The number of hydrogen-bond donors (Lipinski definition) is 0. The summed E-state index contributed by atoms with van der Waals surface area (Å²) in [5.74, 6) is 1.95. The maximum absolute atomic E-state index is 12.9. The SMILES string of the molecule is COc1cc(OC)c(OC)cc1C=C1Oc2cc(OC(=O)c3ccc(OC)c(OC)c3)ccc2C1=O. The first-order valence-corrected chi connectivity index (χ1v) is 10.7. The molecule has 4 rings (SSSR count). The van der Waals surface area contributed by atoms with Gasteiger partial charge < -0.3 is 33.2 Å². The Balaban J connectivity index is 1.58. The lowest BCUT2D eigenvalue weighted by atomic mass is 10.1. The van der Waals surface area contributed by atoms with Crippen LogP contribution in [0.15, 0.2) is 54.3 Å². The normalized spacial score (nSPS) is 13.0. The Labute approximate surface area is 207 Å². The van der Waals surface area contributed by atoms with E-state index in [1.54, 1.807) is 36.4 Å². The first kappa shape index (κ1) is 24.5. The van der Waals surface area contributed by atoms with Crippen LogP contribution in [0.2, 0.25) is 0 Å². The van der Waals surface area contributed by atoms with E-state index < -0.39 is 5.97 Å². The summed E-state index contributed by atoms with van der Waals surface area (Å²) in [5.41, 5.74) is 1.17. The minimum absolute atomic E-state index is 0.0823. The van der Waals surface area contributed by atoms with Gasteiger partial charge in [0.2, 0.25) is 5.78 Å². The Kier molecular flexibility index (Phi) is 7.00. The fourth-order valence-corrected chi connectivity index (χ4v) is 3.67. The monoisotopic (exact) mass is 492 g/mol. The van der Waals surface area contributed by atoms with Crippen molar-refractivity contribution in [1.29, 1.82) is 0 Å². The summed E-state index contributed by atoms with van der Waals surface area (Å²) >= 11 is 0. The Morgan fingerprint density at radius 3 is 2.03 bits per heavy atom. The van der Waals surface area contributed by atoms with Gasteiger partial charge in [0.1, 0.15) is 17.2 Å². The molecule has 0 amide bonds. The molecular weight excluding hydrogens is 468 g/mol. The number of methoxy groups -OCH3 is 5. The van der Waals surface area contributed by atoms with Crippen molar-refractivity contribution in [3.05, 3.63) is 71.0 Å². The van der Waals surface area contributed by atoms with E-state index in [1.165, 1.54) is 53.7 Å². The van der Waals surface area contributed by atoms with Crippen molar-refractivity contribution in [3.63, 3.8) is 0 Å². The van der Waals surface area contributed by atoms with Crippen molar-refractivity contribution in [1.82, 2.24) is 0 Å². The van der Waals surface area contributed by atoms with Crippen molar-refractivity contribution >= 4 is 17.8 Å². The number of Topliss-reactive ketones (excluding diaryl/α,β-unsaturated/α-hetero) is 1. The van der Waals surface area contributed by atoms with Gasteiger partial charge in [-0.15, -0.1) is 0 Å². The van der Waals surface area contributed by atoms with E-state index in [1.807, 2.05) is 0 Å². The molecule has 0 aromatic heterocycles. The van der Waals surface area contributed by atoms with E-state index in [0.29, 0.717) is 39.9 Å². The molecule has 0 saturated heterocycles. The van der Waals surface area contributed by atoms with Gasteiger partial charge in [-0.25, -0.2) is 4.79 Å². The predicted molar refractivity (Wildman–Crippen MR) is 130 cm³/mol. The van der Waals surface area contributed by atoms with Gasteiger partial charge in [-0.3, -0.25) is 4.79 Å². The minimum atomic E-state index is -0.606. The summed E-state index contributed by atoms with van der Waals surface area (Å²) in [4.78, 5) is 25.6. The Morgan fingerprint density at radius 1 is 0.722 bits per heavy atom. The van der Waals surface area contributed by atoms with E-state index in [0.717, 1.165) is 0 Å². The van der Waals surface area contributed by atoms with E-state index in [4.69, 9.17) is 33.2 Å². The first-order chi connectivity index (χ1) is 17.4. The molecule has 3 aromatic carbocycles. The zero-order chi connectivity index (χ0) is 25.8. The molecule has 1 aliphatic heterocycles. The van der Waals surface area contributed by atoms with Gasteiger partial charge in [-0.05, 0) is 42.5 Å². The second-order valence-corrected chi connectivity index (χ2v) is 7.51. The van der Waals surface area contributed by atoms with Crippen LogP contribution in [0.5, 0.6) is 40.2 Å². The topological polar surface area (TPSA) is 98.8 Å². The van der Waals surface area contributed by atoms with E-state index in [-0.39, 0.29) is 28.6 Å². The lowest BCUT2D eigenvalue weighted by molar-refractivity contribution is 0.0734. The maximum atomic E-state index is 12.9. The van der Waals surface area contributed by atoms with Crippen LogP contribution in [0.3, 0.4) is 0 Å². The molecule has 186 valence electrons. The maximum Gasteiger partial charge on any atom is 0.343 e. The standard InChI is InChI=1S/C27H24O9/c1-30-19-9-6-15(10-22(19)32-3)27(29)35-17-7-8-18-21(13-17)36-25(26(18)28)12-16-11-23(33-4)24(34-5)14-20(16)31-2/h6-14H,1-5H3. The highest BCUT2D eigenvalue weighted by Gasteiger charge is 2.29. The second-order valence-electron chi connectivity index (χ2n) is 7.51. The molecule has 0 radical (unpaired) electrons. The Bertz CT molecular complexity index is 1360. The number of fused-ring (bicyclic) bond motifs is 1. The number of carbonyl (C=O) groups excluding carboxylic acids is 2. The number of rotatable bonds is 8. The van der Waals surface area contributed by atoms with Crippen LogP contribution in [0.1, 0.15) is 26.3 Å². The molecule has 0 unspecified atom stereocenters. The predicted octanol–water partition coefficient (Wildman–Crippen LogP) is 4.57. The van der Waals surface area contributed by atoms with Crippen LogP contribution in [0, 0.1) is 0 Å². The molecule has 1 aliphatic rings. The first-order valence-electron chi connectivity index (χ1n) is 10.7. The summed E-state index contributed by atoms with van der Waals surface area (Å²) in [5, 5.41) is 0. The number of ketones is 1. The van der Waals surface area contributed by atoms with Gasteiger partial charge in [0.15, 0.2) is 28.8 Å². The summed E-state index contributed by atoms with van der Waals surface area (Å²) in [6, 6.07) is 12.6. The highest BCUT2D eigenvalue weighted by Crippen LogP contribution is 2.39. The fraction of sp³-hybridized carbons (Fsp3) is 0.185.